The van der Waals surface area contributed by atoms with E-state index in [1.54, 1.807) is 0 Å². The first-order chi connectivity index (χ1) is 7.89. The van der Waals surface area contributed by atoms with Crippen molar-refractivity contribution in [3.8, 4) is 11.1 Å². The lowest BCUT2D eigenvalue weighted by Crippen LogP contribution is -2.07. The second-order valence-corrected chi connectivity index (χ2v) is 3.48. The van der Waals surface area contributed by atoms with Gasteiger partial charge in [0.2, 0.25) is 0 Å². The number of nitrogen functional groups attached to an aromatic ring is 2. The average molecular weight is 242 g/mol. The van der Waals surface area contributed by atoms with E-state index in [2.05, 4.69) is 5.10 Å². The molecule has 0 aliphatic heterocycles. The number of rotatable bonds is 1. The van der Waals surface area contributed by atoms with Crippen LogP contribution in [0.25, 0.3) is 11.1 Å². The third-order valence-corrected chi connectivity index (χ3v) is 2.28. The van der Waals surface area contributed by atoms with Gasteiger partial charge in [-0.25, -0.2) is 0 Å². The molecule has 0 saturated carbocycles. The summed E-state index contributed by atoms with van der Waals surface area (Å²) in [5, 5.41) is 5.28. The first-order valence-electron chi connectivity index (χ1n) is 4.66. The molecule has 4 nitrogen and oxygen atoms in total. The van der Waals surface area contributed by atoms with Gasteiger partial charge in [0.15, 0.2) is 5.82 Å². The quantitative estimate of drug-likeness (QED) is 0.671. The molecular weight excluding hydrogens is 233 g/mol. The van der Waals surface area contributed by atoms with Crippen molar-refractivity contribution in [3.63, 3.8) is 0 Å². The molecule has 0 atom stereocenters. The van der Waals surface area contributed by atoms with Crippen LogP contribution in [-0.4, -0.2) is 10.2 Å². The molecule has 1 aromatic carbocycles. The molecule has 0 spiro atoms. The van der Waals surface area contributed by atoms with Crippen LogP contribution in [0.3, 0.4) is 0 Å². The number of benzene rings is 1. The molecule has 1 heterocycles. The summed E-state index contributed by atoms with van der Waals surface area (Å²) in [6.07, 6.45) is -4.53. The number of halogens is 3. The van der Waals surface area contributed by atoms with Crippen LogP contribution in [0.1, 0.15) is 5.69 Å². The Morgan fingerprint density at radius 3 is 2.18 bits per heavy atom. The molecule has 0 unspecified atom stereocenters. The highest BCUT2D eigenvalue weighted by Gasteiger charge is 2.37. The van der Waals surface area contributed by atoms with Crippen molar-refractivity contribution in [2.75, 3.05) is 11.5 Å². The Kier molecular flexibility index (Phi) is 2.45. The largest absolute Gasteiger partial charge is 0.433 e. The number of H-pyrrole nitrogens is 1. The van der Waals surface area contributed by atoms with Crippen LogP contribution in [-0.2, 0) is 6.18 Å². The highest BCUT2D eigenvalue weighted by molar-refractivity contribution is 5.77. The number of nitrogens with zero attached hydrogens (tertiary/aromatic N) is 1. The van der Waals surface area contributed by atoms with Gasteiger partial charge in [0.05, 0.1) is 5.56 Å². The molecule has 7 heteroatoms. The van der Waals surface area contributed by atoms with E-state index in [9.17, 15) is 13.2 Å². The van der Waals surface area contributed by atoms with E-state index >= 15 is 0 Å². The van der Waals surface area contributed by atoms with Gasteiger partial charge < -0.3 is 11.5 Å². The van der Waals surface area contributed by atoms with E-state index in [4.69, 9.17) is 11.5 Å². The predicted molar refractivity (Wildman–Crippen MR) is 57.9 cm³/mol. The second kappa shape index (κ2) is 3.69. The van der Waals surface area contributed by atoms with Crippen LogP contribution in [0.4, 0.5) is 24.7 Å². The maximum atomic E-state index is 12.7. The number of hydrogen-bond acceptors (Lipinski definition) is 3. The Hall–Kier alpha value is -2.18. The minimum absolute atomic E-state index is 0.155. The molecule has 2 aromatic rings. The van der Waals surface area contributed by atoms with Crippen LogP contribution < -0.4 is 11.5 Å². The minimum atomic E-state index is -4.53. The number of aromatic amines is 1. The Labute approximate surface area is 94.4 Å². The van der Waals surface area contributed by atoms with E-state index in [1.165, 1.54) is 24.3 Å². The van der Waals surface area contributed by atoms with Crippen LogP contribution in [0.5, 0.6) is 0 Å². The smallest absolute Gasteiger partial charge is 0.399 e. The Morgan fingerprint density at radius 2 is 1.65 bits per heavy atom. The van der Waals surface area contributed by atoms with Gasteiger partial charge in [-0.15, -0.1) is 0 Å². The lowest BCUT2D eigenvalue weighted by molar-refractivity contribution is -0.140. The van der Waals surface area contributed by atoms with Gasteiger partial charge in [-0.3, -0.25) is 5.10 Å². The van der Waals surface area contributed by atoms with Crippen molar-refractivity contribution >= 4 is 11.5 Å². The summed E-state index contributed by atoms with van der Waals surface area (Å²) in [7, 11) is 0. The Morgan fingerprint density at radius 1 is 1.06 bits per heavy atom. The van der Waals surface area contributed by atoms with Crippen LogP contribution in [0.15, 0.2) is 24.3 Å². The molecule has 0 aliphatic rings. The van der Waals surface area contributed by atoms with Gasteiger partial charge in [0, 0.05) is 5.69 Å². The first kappa shape index (κ1) is 11.3. The van der Waals surface area contributed by atoms with E-state index in [-0.39, 0.29) is 11.4 Å². The zero-order chi connectivity index (χ0) is 12.6. The molecular formula is C10H9F3N4. The summed E-state index contributed by atoms with van der Waals surface area (Å²) in [5.41, 5.74) is 10.6. The number of nitrogens with one attached hydrogen (secondary N) is 1. The summed E-state index contributed by atoms with van der Waals surface area (Å²) in [4.78, 5) is 0. The van der Waals surface area contributed by atoms with Gasteiger partial charge in [-0.05, 0) is 17.7 Å². The van der Waals surface area contributed by atoms with Crippen LogP contribution >= 0.6 is 0 Å². The third-order valence-electron chi connectivity index (χ3n) is 2.28. The van der Waals surface area contributed by atoms with Crippen molar-refractivity contribution < 1.29 is 13.2 Å². The highest BCUT2D eigenvalue weighted by atomic mass is 19.4. The first-order valence-corrected chi connectivity index (χ1v) is 4.66. The normalized spacial score (nSPS) is 11.7. The standard InChI is InChI=1S/C10H9F3N4/c11-10(12,13)8-7(9(15)17-16-8)5-1-3-6(14)4-2-5/h1-4H,14H2,(H3,15,16,17). The molecule has 0 bridgehead atoms. The average Bonchev–Trinajstić information content (AvgIpc) is 2.61. The zero-order valence-electron chi connectivity index (χ0n) is 8.55. The molecule has 90 valence electrons. The van der Waals surface area contributed by atoms with Crippen LogP contribution in [0, 0.1) is 0 Å². The Bertz CT molecular complexity index is 527. The summed E-state index contributed by atoms with van der Waals surface area (Å²) in [6, 6.07) is 5.93. The number of hydrogen-bond donors (Lipinski definition) is 3. The number of anilines is 2. The van der Waals surface area contributed by atoms with E-state index in [1.807, 2.05) is 5.10 Å². The van der Waals surface area contributed by atoms with Gasteiger partial charge in [0.1, 0.15) is 5.69 Å². The molecule has 0 amide bonds. The number of alkyl halides is 3. The van der Waals surface area contributed by atoms with E-state index in [0.717, 1.165) is 0 Å². The van der Waals surface area contributed by atoms with Crippen molar-refractivity contribution in [1.29, 1.82) is 0 Å². The highest BCUT2D eigenvalue weighted by Crippen LogP contribution is 2.38. The summed E-state index contributed by atoms with van der Waals surface area (Å²) in [5.74, 6) is -0.193. The fourth-order valence-electron chi connectivity index (χ4n) is 1.50. The topological polar surface area (TPSA) is 80.7 Å². The predicted octanol–water partition coefficient (Wildman–Crippen LogP) is 2.26. The second-order valence-electron chi connectivity index (χ2n) is 3.48. The van der Waals surface area contributed by atoms with Gasteiger partial charge in [-0.1, -0.05) is 12.1 Å². The van der Waals surface area contributed by atoms with Crippen molar-refractivity contribution in [3.05, 3.63) is 30.0 Å². The molecule has 0 radical (unpaired) electrons. The monoisotopic (exact) mass is 242 g/mol. The Balaban J connectivity index is 2.59. The molecule has 0 fully saturated rings. The van der Waals surface area contributed by atoms with Crippen molar-refractivity contribution in [1.82, 2.24) is 10.2 Å². The fraction of sp³-hybridized carbons (Fsp3) is 0.100. The fourth-order valence-corrected chi connectivity index (χ4v) is 1.50. The molecule has 0 saturated heterocycles. The molecule has 5 N–H and O–H groups in total. The maximum absolute atomic E-state index is 12.7. The summed E-state index contributed by atoms with van der Waals surface area (Å²) in [6.45, 7) is 0. The molecule has 17 heavy (non-hydrogen) atoms. The van der Waals surface area contributed by atoms with Gasteiger partial charge in [-0.2, -0.15) is 18.3 Å². The lowest BCUT2D eigenvalue weighted by Gasteiger charge is -2.07. The van der Waals surface area contributed by atoms with E-state index < -0.39 is 11.9 Å². The minimum Gasteiger partial charge on any atom is -0.399 e. The third kappa shape index (κ3) is 2.03. The molecule has 0 aliphatic carbocycles. The molecule has 2 rings (SSSR count). The number of nitrogens with two attached hydrogens (primary N) is 2. The number of aromatic nitrogens is 2. The van der Waals surface area contributed by atoms with Gasteiger partial charge in [0.25, 0.3) is 0 Å². The maximum Gasteiger partial charge on any atom is 0.433 e. The van der Waals surface area contributed by atoms with Crippen LogP contribution in [0.2, 0.25) is 0 Å². The summed E-state index contributed by atoms with van der Waals surface area (Å²) >= 11 is 0. The zero-order valence-corrected chi connectivity index (χ0v) is 8.55. The summed E-state index contributed by atoms with van der Waals surface area (Å²) < 4.78 is 38.0. The molecule has 1 aromatic heterocycles. The van der Waals surface area contributed by atoms with Crippen molar-refractivity contribution in [2.45, 2.75) is 6.18 Å². The SMILES string of the molecule is Nc1ccc(-c2c(N)n[nH]c2C(F)(F)F)cc1. The van der Waals surface area contributed by atoms with Gasteiger partial charge >= 0.3 is 6.18 Å². The lowest BCUT2D eigenvalue weighted by atomic mass is 10.0. The van der Waals surface area contributed by atoms with Crippen molar-refractivity contribution in [2.24, 2.45) is 0 Å². The van der Waals surface area contributed by atoms with E-state index in [0.29, 0.717) is 11.3 Å².